The fraction of sp³-hybridized carbons (Fsp3) is 0.571. The fourth-order valence-electron chi connectivity index (χ4n) is 2.40. The molecule has 1 aliphatic carbocycles. The normalized spacial score (nSPS) is 24.8. The Morgan fingerprint density at radius 2 is 2.06 bits per heavy atom. The second-order valence-electron chi connectivity index (χ2n) is 4.88. The lowest BCUT2D eigenvalue weighted by atomic mass is 10.1. The first-order chi connectivity index (χ1) is 8.66. The summed E-state index contributed by atoms with van der Waals surface area (Å²) in [5.74, 6) is -0.170. The Labute approximate surface area is 121 Å². The van der Waals surface area contributed by atoms with Gasteiger partial charge in [-0.2, -0.15) is 0 Å². The first-order valence-corrected chi connectivity index (χ1v) is 7.71. The zero-order valence-corrected chi connectivity index (χ0v) is 12.6. The highest BCUT2D eigenvalue weighted by Gasteiger charge is 2.21. The molecule has 0 amide bonds. The van der Waals surface area contributed by atoms with Crippen molar-refractivity contribution in [3.8, 4) is 0 Å². The van der Waals surface area contributed by atoms with Crippen molar-refractivity contribution < 1.29 is 4.39 Å². The molecule has 1 saturated carbocycles. The molecule has 1 aromatic carbocycles. The summed E-state index contributed by atoms with van der Waals surface area (Å²) in [5.41, 5.74) is 0.700. The van der Waals surface area contributed by atoms with Crippen LogP contribution >= 0.6 is 27.5 Å². The van der Waals surface area contributed by atoms with Crippen molar-refractivity contribution in [1.82, 2.24) is 5.32 Å². The van der Waals surface area contributed by atoms with E-state index in [9.17, 15) is 4.39 Å². The van der Waals surface area contributed by atoms with Gasteiger partial charge in [0.15, 0.2) is 0 Å². The van der Waals surface area contributed by atoms with Gasteiger partial charge < -0.3 is 5.32 Å². The first kappa shape index (κ1) is 14.3. The molecular formula is C14H18BrClFN. The third kappa shape index (κ3) is 3.94. The molecule has 0 spiro atoms. The van der Waals surface area contributed by atoms with Crippen LogP contribution in [-0.2, 0) is 6.54 Å². The van der Waals surface area contributed by atoms with E-state index in [1.165, 1.54) is 25.3 Å². The molecule has 1 nitrogen and oxygen atoms in total. The summed E-state index contributed by atoms with van der Waals surface area (Å²) >= 11 is 9.62. The van der Waals surface area contributed by atoms with E-state index in [0.717, 1.165) is 17.3 Å². The molecule has 1 aliphatic rings. The van der Waals surface area contributed by atoms with Crippen LogP contribution in [0.5, 0.6) is 0 Å². The topological polar surface area (TPSA) is 12.0 Å². The van der Waals surface area contributed by atoms with E-state index in [-0.39, 0.29) is 11.2 Å². The van der Waals surface area contributed by atoms with Crippen molar-refractivity contribution in [2.75, 3.05) is 0 Å². The number of hydrogen-bond acceptors (Lipinski definition) is 1. The Balaban J connectivity index is 1.93. The third-order valence-corrected chi connectivity index (χ3v) is 4.52. The van der Waals surface area contributed by atoms with Crippen molar-refractivity contribution >= 4 is 27.5 Å². The minimum Gasteiger partial charge on any atom is -0.308 e. The maximum Gasteiger partial charge on any atom is 0.128 e. The highest BCUT2D eigenvalue weighted by molar-refractivity contribution is 9.10. The standard InChI is InChI=1S/C14H18BrClFN/c15-11-7-6-10(13(17)8-11)9-18-14-5-3-1-2-4-12(14)16/h6-8,12,14,18H,1-5,9H2. The van der Waals surface area contributed by atoms with Crippen molar-refractivity contribution in [3.63, 3.8) is 0 Å². The molecule has 0 radical (unpaired) electrons. The average molecular weight is 335 g/mol. The van der Waals surface area contributed by atoms with Crippen molar-refractivity contribution in [1.29, 1.82) is 0 Å². The van der Waals surface area contributed by atoms with Gasteiger partial charge in [-0.1, -0.05) is 41.3 Å². The van der Waals surface area contributed by atoms with Gasteiger partial charge in [-0.3, -0.25) is 0 Å². The van der Waals surface area contributed by atoms with Crippen molar-refractivity contribution in [2.45, 2.75) is 50.1 Å². The Hall–Kier alpha value is -0.120. The number of alkyl halides is 1. The number of benzene rings is 1. The maximum absolute atomic E-state index is 13.7. The molecule has 0 aliphatic heterocycles. The second-order valence-corrected chi connectivity index (χ2v) is 6.35. The van der Waals surface area contributed by atoms with E-state index in [4.69, 9.17) is 11.6 Å². The molecule has 1 aromatic rings. The molecule has 0 aromatic heterocycles. The molecule has 0 heterocycles. The lowest BCUT2D eigenvalue weighted by Gasteiger charge is -2.21. The average Bonchev–Trinajstić information content (AvgIpc) is 2.53. The lowest BCUT2D eigenvalue weighted by molar-refractivity contribution is 0.457. The van der Waals surface area contributed by atoms with Crippen LogP contribution in [0.25, 0.3) is 0 Å². The molecule has 2 unspecified atom stereocenters. The summed E-state index contributed by atoms with van der Waals surface area (Å²) < 4.78 is 14.5. The van der Waals surface area contributed by atoms with Crippen LogP contribution in [0.1, 0.15) is 37.7 Å². The number of hydrogen-bond donors (Lipinski definition) is 1. The molecule has 0 saturated heterocycles. The van der Waals surface area contributed by atoms with Crippen LogP contribution in [0.4, 0.5) is 4.39 Å². The quantitative estimate of drug-likeness (QED) is 0.628. The van der Waals surface area contributed by atoms with Gasteiger partial charge in [0.2, 0.25) is 0 Å². The Bertz CT molecular complexity index is 399. The predicted molar refractivity (Wildman–Crippen MR) is 77.5 cm³/mol. The SMILES string of the molecule is Fc1cc(Br)ccc1CNC1CCCCCC1Cl. The molecule has 2 rings (SSSR count). The summed E-state index contributed by atoms with van der Waals surface area (Å²) in [6, 6.07) is 5.48. The van der Waals surface area contributed by atoms with E-state index in [1.807, 2.05) is 12.1 Å². The molecular weight excluding hydrogens is 317 g/mol. The van der Waals surface area contributed by atoms with Gasteiger partial charge in [0.1, 0.15) is 5.82 Å². The van der Waals surface area contributed by atoms with Crippen LogP contribution in [0.2, 0.25) is 0 Å². The second kappa shape index (κ2) is 6.88. The number of halogens is 3. The Morgan fingerprint density at radius 3 is 2.83 bits per heavy atom. The van der Waals surface area contributed by atoms with E-state index >= 15 is 0 Å². The van der Waals surface area contributed by atoms with Gasteiger partial charge in [0, 0.05) is 28.0 Å². The minimum atomic E-state index is -0.170. The van der Waals surface area contributed by atoms with Gasteiger partial charge in [0.25, 0.3) is 0 Å². The van der Waals surface area contributed by atoms with Crippen LogP contribution in [0.15, 0.2) is 22.7 Å². The van der Waals surface area contributed by atoms with Gasteiger partial charge in [-0.15, -0.1) is 11.6 Å². The minimum absolute atomic E-state index is 0.170. The van der Waals surface area contributed by atoms with Gasteiger partial charge in [-0.05, 0) is 25.0 Å². The van der Waals surface area contributed by atoms with Crippen LogP contribution in [0.3, 0.4) is 0 Å². The van der Waals surface area contributed by atoms with Crippen molar-refractivity contribution in [3.05, 3.63) is 34.1 Å². The highest BCUT2D eigenvalue weighted by Crippen LogP contribution is 2.23. The van der Waals surface area contributed by atoms with E-state index in [2.05, 4.69) is 21.2 Å². The monoisotopic (exact) mass is 333 g/mol. The summed E-state index contributed by atoms with van der Waals surface area (Å²) in [5, 5.41) is 3.57. The number of nitrogens with one attached hydrogen (secondary N) is 1. The molecule has 1 fully saturated rings. The lowest BCUT2D eigenvalue weighted by Crippen LogP contribution is -2.36. The van der Waals surface area contributed by atoms with Crippen LogP contribution < -0.4 is 5.32 Å². The number of rotatable bonds is 3. The van der Waals surface area contributed by atoms with E-state index in [0.29, 0.717) is 18.2 Å². The molecule has 1 N–H and O–H groups in total. The molecule has 100 valence electrons. The molecule has 4 heteroatoms. The Kier molecular flexibility index (Phi) is 5.46. The van der Waals surface area contributed by atoms with Crippen LogP contribution in [0, 0.1) is 5.82 Å². The smallest absolute Gasteiger partial charge is 0.128 e. The Morgan fingerprint density at radius 1 is 1.28 bits per heavy atom. The molecule has 2 atom stereocenters. The van der Waals surface area contributed by atoms with Gasteiger partial charge >= 0.3 is 0 Å². The predicted octanol–water partition coefficient (Wildman–Crippen LogP) is 4.62. The van der Waals surface area contributed by atoms with Gasteiger partial charge in [0.05, 0.1) is 0 Å². The summed E-state index contributed by atoms with van der Waals surface area (Å²) in [6.07, 6.45) is 5.82. The molecule has 0 bridgehead atoms. The highest BCUT2D eigenvalue weighted by atomic mass is 79.9. The first-order valence-electron chi connectivity index (χ1n) is 6.48. The van der Waals surface area contributed by atoms with E-state index < -0.39 is 0 Å². The summed E-state index contributed by atoms with van der Waals surface area (Å²) in [4.78, 5) is 0. The largest absolute Gasteiger partial charge is 0.308 e. The van der Waals surface area contributed by atoms with Gasteiger partial charge in [-0.25, -0.2) is 4.39 Å². The third-order valence-electron chi connectivity index (χ3n) is 3.50. The molecule has 18 heavy (non-hydrogen) atoms. The van der Waals surface area contributed by atoms with Crippen LogP contribution in [-0.4, -0.2) is 11.4 Å². The van der Waals surface area contributed by atoms with E-state index in [1.54, 1.807) is 0 Å². The van der Waals surface area contributed by atoms with Crippen molar-refractivity contribution in [2.24, 2.45) is 0 Å². The maximum atomic E-state index is 13.7. The zero-order chi connectivity index (χ0) is 13.0. The fourth-order valence-corrected chi connectivity index (χ4v) is 3.10. The summed E-state index contributed by atoms with van der Waals surface area (Å²) in [7, 11) is 0. The zero-order valence-electron chi connectivity index (χ0n) is 10.3. The summed E-state index contributed by atoms with van der Waals surface area (Å²) in [6.45, 7) is 0.549.